The molecule has 0 bridgehead atoms. The first-order valence-electron chi connectivity index (χ1n) is 4.14. The van der Waals surface area contributed by atoms with Gasteiger partial charge in [0.05, 0.1) is 0 Å². The summed E-state index contributed by atoms with van der Waals surface area (Å²) in [7, 11) is 0. The molecule has 0 saturated carbocycles. The normalized spacial score (nSPS) is 24.8. The second kappa shape index (κ2) is 3.49. The van der Waals surface area contributed by atoms with E-state index in [1.807, 2.05) is 20.8 Å². The molecular weight excluding hydrogens is 269 g/mol. The Hall–Kier alpha value is 0.160. The van der Waals surface area contributed by atoms with Crippen molar-refractivity contribution in [2.45, 2.75) is 36.3 Å². The molecule has 2 unspecified atom stereocenters. The third kappa shape index (κ3) is 2.58. The van der Waals surface area contributed by atoms with Crippen molar-refractivity contribution in [3.8, 4) is 0 Å². The van der Waals surface area contributed by atoms with Gasteiger partial charge in [0.25, 0.3) is 0 Å². The van der Waals surface area contributed by atoms with Crippen molar-refractivity contribution in [1.29, 1.82) is 0 Å². The highest BCUT2D eigenvalue weighted by Crippen LogP contribution is 2.18. The molecule has 1 saturated heterocycles. The van der Waals surface area contributed by atoms with Crippen molar-refractivity contribution in [2.75, 3.05) is 6.54 Å². The second-order valence-corrected chi connectivity index (χ2v) is 5.59. The molecule has 1 aliphatic heterocycles. The summed E-state index contributed by atoms with van der Waals surface area (Å²) in [6.45, 7) is 6.86. The van der Waals surface area contributed by atoms with Gasteiger partial charge < -0.3 is 10.1 Å². The Bertz CT molecular complexity index is 187. The number of quaternary nitrogens is 1. The molecule has 1 heterocycles. The maximum Gasteiger partial charge on any atom is 0.319 e. The van der Waals surface area contributed by atoms with Crippen molar-refractivity contribution in [2.24, 2.45) is 0 Å². The van der Waals surface area contributed by atoms with Gasteiger partial charge in [-0.1, -0.05) is 22.6 Å². The summed E-state index contributed by atoms with van der Waals surface area (Å²) < 4.78 is 5.29. The monoisotopic (exact) mass is 284 g/mol. The molecule has 0 radical (unpaired) electrons. The third-order valence-electron chi connectivity index (χ3n) is 2.05. The largest absolute Gasteiger partial charge is 0.452 e. The van der Waals surface area contributed by atoms with Crippen molar-refractivity contribution in [3.05, 3.63) is 0 Å². The SMILES string of the molecule is CC(I)C(=O)OC(C)(C)C1C[NH2+]1. The highest BCUT2D eigenvalue weighted by molar-refractivity contribution is 14.1. The Balaban J connectivity index is 2.43. The van der Waals surface area contributed by atoms with E-state index in [2.05, 4.69) is 27.9 Å². The van der Waals surface area contributed by atoms with E-state index >= 15 is 0 Å². The summed E-state index contributed by atoms with van der Waals surface area (Å²) in [6, 6.07) is 0.469. The number of nitrogens with two attached hydrogens (primary N) is 1. The van der Waals surface area contributed by atoms with Gasteiger partial charge in [0.2, 0.25) is 0 Å². The van der Waals surface area contributed by atoms with E-state index in [0.29, 0.717) is 6.04 Å². The minimum absolute atomic E-state index is 0.0550. The molecule has 70 valence electrons. The molecule has 0 amide bonds. The van der Waals surface area contributed by atoms with Gasteiger partial charge in [-0.3, -0.25) is 4.79 Å². The smallest absolute Gasteiger partial charge is 0.319 e. The Morgan fingerprint density at radius 2 is 2.25 bits per heavy atom. The Morgan fingerprint density at radius 3 is 2.58 bits per heavy atom. The predicted octanol–water partition coefficient (Wildman–Crippen LogP) is 0.0773. The number of ether oxygens (including phenoxy) is 1. The molecule has 1 fully saturated rings. The van der Waals surface area contributed by atoms with Gasteiger partial charge in [0.15, 0.2) is 11.6 Å². The lowest BCUT2D eigenvalue weighted by Gasteiger charge is -2.21. The van der Waals surface area contributed by atoms with Gasteiger partial charge >= 0.3 is 5.97 Å². The zero-order valence-corrected chi connectivity index (χ0v) is 9.79. The number of carbonyl (C=O) groups excluding carboxylic acids is 1. The topological polar surface area (TPSA) is 42.9 Å². The van der Waals surface area contributed by atoms with Crippen molar-refractivity contribution in [3.63, 3.8) is 0 Å². The molecule has 0 aromatic heterocycles. The number of esters is 1. The molecule has 0 aromatic rings. The molecule has 1 aliphatic rings. The first-order valence-corrected chi connectivity index (χ1v) is 5.38. The zero-order chi connectivity index (χ0) is 9.35. The van der Waals surface area contributed by atoms with Crippen LogP contribution in [-0.2, 0) is 9.53 Å². The lowest BCUT2D eigenvalue weighted by molar-refractivity contribution is -0.508. The summed E-state index contributed by atoms with van der Waals surface area (Å²) >= 11 is 2.07. The molecule has 12 heavy (non-hydrogen) atoms. The summed E-state index contributed by atoms with van der Waals surface area (Å²) in [5.41, 5.74) is -0.295. The Labute approximate surface area is 86.4 Å². The van der Waals surface area contributed by atoms with Crippen LogP contribution in [-0.4, -0.2) is 28.1 Å². The number of alkyl halides is 1. The van der Waals surface area contributed by atoms with Gasteiger partial charge in [-0.15, -0.1) is 0 Å². The minimum atomic E-state index is -0.295. The second-order valence-electron chi connectivity index (χ2n) is 3.72. The van der Waals surface area contributed by atoms with E-state index in [1.54, 1.807) is 0 Å². The fourth-order valence-electron chi connectivity index (χ4n) is 1.05. The van der Waals surface area contributed by atoms with E-state index in [4.69, 9.17) is 4.74 Å². The molecule has 0 aromatic carbocycles. The van der Waals surface area contributed by atoms with Gasteiger partial charge in [0, 0.05) is 0 Å². The molecule has 2 N–H and O–H groups in total. The minimum Gasteiger partial charge on any atom is -0.452 e. The van der Waals surface area contributed by atoms with Gasteiger partial charge in [-0.2, -0.15) is 0 Å². The van der Waals surface area contributed by atoms with E-state index in [9.17, 15) is 4.79 Å². The van der Waals surface area contributed by atoms with E-state index in [1.165, 1.54) is 0 Å². The first-order chi connectivity index (χ1) is 5.43. The summed E-state index contributed by atoms with van der Waals surface area (Å²) in [5, 5.41) is 2.17. The Kier molecular flexibility index (Phi) is 2.98. The van der Waals surface area contributed by atoms with Crippen molar-refractivity contribution in [1.82, 2.24) is 0 Å². The molecule has 0 spiro atoms. The zero-order valence-electron chi connectivity index (χ0n) is 7.63. The van der Waals surface area contributed by atoms with Crippen LogP contribution in [0.4, 0.5) is 0 Å². The quantitative estimate of drug-likeness (QED) is 0.345. The highest BCUT2D eigenvalue weighted by atomic mass is 127. The van der Waals surface area contributed by atoms with Crippen LogP contribution in [0, 0.1) is 0 Å². The summed E-state index contributed by atoms with van der Waals surface area (Å²) in [4.78, 5) is 11.2. The van der Waals surface area contributed by atoms with Gasteiger partial charge in [-0.25, -0.2) is 0 Å². The van der Waals surface area contributed by atoms with Crippen LogP contribution in [0.1, 0.15) is 20.8 Å². The first kappa shape index (κ1) is 10.2. The van der Waals surface area contributed by atoms with Crippen LogP contribution in [0.15, 0.2) is 0 Å². The maximum atomic E-state index is 11.2. The average Bonchev–Trinajstić information content (AvgIpc) is 2.65. The summed E-state index contributed by atoms with van der Waals surface area (Å²) in [5.74, 6) is -0.110. The van der Waals surface area contributed by atoms with Gasteiger partial charge in [0.1, 0.15) is 10.5 Å². The average molecular weight is 284 g/mol. The predicted molar refractivity (Wildman–Crippen MR) is 54.2 cm³/mol. The van der Waals surface area contributed by atoms with Gasteiger partial charge in [-0.05, 0) is 20.8 Å². The number of hydrogen-bond acceptors (Lipinski definition) is 2. The van der Waals surface area contributed by atoms with Crippen molar-refractivity contribution < 1.29 is 14.8 Å². The van der Waals surface area contributed by atoms with Crippen LogP contribution < -0.4 is 5.32 Å². The summed E-state index contributed by atoms with van der Waals surface area (Å²) in [6.07, 6.45) is 0. The van der Waals surface area contributed by atoms with E-state index in [-0.39, 0.29) is 15.5 Å². The van der Waals surface area contributed by atoms with Crippen LogP contribution in [0.2, 0.25) is 0 Å². The number of halogens is 1. The number of carbonyl (C=O) groups is 1. The molecule has 4 heteroatoms. The number of rotatable bonds is 3. The lowest BCUT2D eigenvalue weighted by atomic mass is 10.1. The Morgan fingerprint density at radius 1 is 1.75 bits per heavy atom. The fraction of sp³-hybridized carbons (Fsp3) is 0.875. The van der Waals surface area contributed by atoms with Crippen LogP contribution >= 0.6 is 22.6 Å². The maximum absolute atomic E-state index is 11.2. The lowest BCUT2D eigenvalue weighted by Crippen LogP contribution is -2.65. The number of hydrogen-bond donors (Lipinski definition) is 1. The molecule has 3 nitrogen and oxygen atoms in total. The third-order valence-corrected chi connectivity index (χ3v) is 2.56. The molecule has 2 atom stereocenters. The highest BCUT2D eigenvalue weighted by Gasteiger charge is 2.46. The van der Waals surface area contributed by atoms with Crippen LogP contribution in [0.25, 0.3) is 0 Å². The molecule has 1 rings (SSSR count). The fourth-order valence-corrected chi connectivity index (χ4v) is 1.18. The standard InChI is InChI=1S/C8H14INO2/c1-5(9)7(11)12-8(2,3)6-4-10-6/h5-6,10H,4H2,1-3H3/p+1. The van der Waals surface area contributed by atoms with Crippen LogP contribution in [0.5, 0.6) is 0 Å². The molecular formula is C8H15INO2+. The van der Waals surface area contributed by atoms with Crippen molar-refractivity contribution >= 4 is 28.6 Å². The molecule has 0 aliphatic carbocycles. The van der Waals surface area contributed by atoms with E-state index in [0.717, 1.165) is 6.54 Å². The van der Waals surface area contributed by atoms with Crippen LogP contribution in [0.3, 0.4) is 0 Å². The van der Waals surface area contributed by atoms with E-state index < -0.39 is 0 Å².